The van der Waals surface area contributed by atoms with Crippen LogP contribution in [0, 0.1) is 5.92 Å². The summed E-state index contributed by atoms with van der Waals surface area (Å²) < 4.78 is 46.0. The van der Waals surface area contributed by atoms with E-state index >= 15 is 0 Å². The molecule has 0 spiro atoms. The van der Waals surface area contributed by atoms with E-state index in [2.05, 4.69) is 10.3 Å². The van der Waals surface area contributed by atoms with Crippen LogP contribution in [0.25, 0.3) is 10.9 Å². The van der Waals surface area contributed by atoms with Crippen LogP contribution in [0.4, 0.5) is 13.2 Å². The lowest BCUT2D eigenvalue weighted by Gasteiger charge is -2.45. The van der Waals surface area contributed by atoms with Crippen LogP contribution in [0.15, 0.2) is 18.2 Å². The van der Waals surface area contributed by atoms with Crippen molar-refractivity contribution < 1.29 is 32.3 Å². The second kappa shape index (κ2) is 9.76. The summed E-state index contributed by atoms with van der Waals surface area (Å²) in [7, 11) is 3.52. The first-order valence-electron chi connectivity index (χ1n) is 13.9. The number of alkyl halides is 3. The Labute approximate surface area is 230 Å². The van der Waals surface area contributed by atoms with Crippen molar-refractivity contribution in [1.29, 1.82) is 0 Å². The Morgan fingerprint density at radius 3 is 2.67 bits per heavy atom. The minimum Gasteiger partial charge on any atom is -0.359 e. The topological polar surface area (TPSA) is 98.0 Å². The van der Waals surface area contributed by atoms with E-state index in [-0.39, 0.29) is 60.5 Å². The number of nitrogens with zero attached hydrogens (tertiary/aromatic N) is 3. The molecule has 1 aromatic heterocycles. The molecule has 4 fully saturated rings. The highest BCUT2D eigenvalue weighted by Crippen LogP contribution is 2.47. The lowest BCUT2D eigenvalue weighted by atomic mass is 9.72. The molecule has 0 radical (unpaired) electrons. The molecule has 6 atom stereocenters. The van der Waals surface area contributed by atoms with E-state index in [0.717, 1.165) is 24.9 Å². The standard InChI is InChI=1S/C18H20F3N3O.C10H14N2O3/c1-22-17(25)9-6-11-10-4-3-5-13-15(10)12(7-14(11)24(2)8-9)16(23-13)18(19,20)21;1-6-9(14)12-5-8(13)11-4-2-3-7(11)10(12)15-6/h3-5,9,11,14,23H,6-8H2,1-2H3,(H,22,25);6-7,10H,2-5H2,1H3/t9?,11?,14-;/m1./s1. The van der Waals surface area contributed by atoms with Crippen LogP contribution in [-0.4, -0.2) is 95.6 Å². The van der Waals surface area contributed by atoms with Gasteiger partial charge in [-0.1, -0.05) is 12.1 Å². The number of rotatable bonds is 1. The Kier molecular flexibility index (Phi) is 6.60. The number of aromatic nitrogens is 1. The Hall–Kier alpha value is -3.12. The normalized spacial score (nSPS) is 31.4. The number of hydrogen-bond donors (Lipinski definition) is 2. The number of amides is 3. The van der Waals surface area contributed by atoms with Gasteiger partial charge < -0.3 is 29.7 Å². The monoisotopic (exact) mass is 561 g/mol. The van der Waals surface area contributed by atoms with E-state index in [9.17, 15) is 27.6 Å². The first kappa shape index (κ1) is 27.1. The van der Waals surface area contributed by atoms with Crippen molar-refractivity contribution in [2.24, 2.45) is 5.92 Å². The summed E-state index contributed by atoms with van der Waals surface area (Å²) >= 11 is 0. The van der Waals surface area contributed by atoms with Gasteiger partial charge in [0.15, 0.2) is 6.23 Å². The highest BCUT2D eigenvalue weighted by atomic mass is 19.4. The van der Waals surface area contributed by atoms with Gasteiger partial charge in [-0.2, -0.15) is 13.2 Å². The summed E-state index contributed by atoms with van der Waals surface area (Å²) in [6.07, 6.45) is -1.97. The number of piperazine rings is 1. The summed E-state index contributed by atoms with van der Waals surface area (Å²) in [5.74, 6) is -0.0590. The minimum atomic E-state index is -4.39. The molecular weight excluding hydrogens is 527 g/mol. The zero-order chi connectivity index (χ0) is 28.5. The third kappa shape index (κ3) is 4.27. The zero-order valence-corrected chi connectivity index (χ0v) is 22.8. The van der Waals surface area contributed by atoms with Crippen LogP contribution in [0.1, 0.15) is 48.9 Å². The van der Waals surface area contributed by atoms with Crippen LogP contribution in [0.5, 0.6) is 0 Å². The summed E-state index contributed by atoms with van der Waals surface area (Å²) in [5, 5.41) is 3.39. The fraction of sp³-hybridized carbons (Fsp3) is 0.607. The van der Waals surface area contributed by atoms with Crippen molar-refractivity contribution in [1.82, 2.24) is 25.0 Å². The summed E-state index contributed by atoms with van der Waals surface area (Å²) in [5.41, 5.74) is 1.19. The molecule has 1 aromatic carbocycles. The van der Waals surface area contributed by atoms with Gasteiger partial charge in [-0.15, -0.1) is 0 Å². The van der Waals surface area contributed by atoms with Crippen LogP contribution in [0.2, 0.25) is 0 Å². The molecule has 216 valence electrons. The number of likely N-dealkylation sites (N-methyl/N-ethyl adjacent to an activating group) is 1. The van der Waals surface area contributed by atoms with Gasteiger partial charge in [0.25, 0.3) is 5.91 Å². The molecule has 3 amide bonds. The first-order valence-corrected chi connectivity index (χ1v) is 13.9. The number of piperidine rings is 1. The van der Waals surface area contributed by atoms with Crippen LogP contribution in [-0.2, 0) is 31.7 Å². The number of hydrogen-bond acceptors (Lipinski definition) is 5. The third-order valence-corrected chi connectivity index (χ3v) is 9.29. The van der Waals surface area contributed by atoms with Gasteiger partial charge in [-0.05, 0) is 56.8 Å². The van der Waals surface area contributed by atoms with E-state index < -0.39 is 11.9 Å². The first-order chi connectivity index (χ1) is 19.0. The Bertz CT molecular complexity index is 1360. The average molecular weight is 562 g/mol. The van der Waals surface area contributed by atoms with Crippen molar-refractivity contribution in [2.75, 3.05) is 33.7 Å². The third-order valence-electron chi connectivity index (χ3n) is 9.29. The Balaban J connectivity index is 0.000000164. The molecule has 5 heterocycles. The second-order valence-corrected chi connectivity index (χ2v) is 11.5. The summed E-state index contributed by atoms with van der Waals surface area (Å²) in [4.78, 5) is 43.7. The van der Waals surface area contributed by atoms with E-state index in [1.807, 2.05) is 22.9 Å². The highest BCUT2D eigenvalue weighted by molar-refractivity contribution is 5.91. The van der Waals surface area contributed by atoms with Crippen molar-refractivity contribution in [2.45, 2.75) is 69.1 Å². The van der Waals surface area contributed by atoms with Crippen molar-refractivity contribution >= 4 is 28.6 Å². The zero-order valence-electron chi connectivity index (χ0n) is 22.8. The maximum Gasteiger partial charge on any atom is 0.431 e. The van der Waals surface area contributed by atoms with E-state index in [4.69, 9.17) is 4.74 Å². The van der Waals surface area contributed by atoms with Gasteiger partial charge in [0.2, 0.25) is 11.8 Å². The summed E-state index contributed by atoms with van der Waals surface area (Å²) in [6.45, 7) is 3.34. The van der Waals surface area contributed by atoms with E-state index in [0.29, 0.717) is 35.9 Å². The van der Waals surface area contributed by atoms with E-state index in [1.54, 1.807) is 31.0 Å². The number of benzene rings is 1. The number of aromatic amines is 1. The fourth-order valence-corrected chi connectivity index (χ4v) is 7.47. The number of nitrogens with one attached hydrogen (secondary N) is 2. The largest absolute Gasteiger partial charge is 0.431 e. The SMILES string of the molecule is CC1OC2C3CCCN3C(=O)CN2C1=O.CNC(=O)C1CC2c3cccc4[nH]c(C(F)(F)F)c(c34)C[C@H]2N(C)C1. The molecule has 7 rings (SSSR count). The molecular formula is C28H34F3N5O4. The van der Waals surface area contributed by atoms with Crippen molar-refractivity contribution in [3.8, 4) is 0 Å². The molecule has 4 saturated heterocycles. The molecule has 12 heteroatoms. The van der Waals surface area contributed by atoms with Crippen molar-refractivity contribution in [3.63, 3.8) is 0 Å². The number of ether oxygens (including phenoxy) is 1. The number of likely N-dealkylation sites (tertiary alicyclic amines) is 1. The number of carbonyl (C=O) groups excluding carboxylic acids is 3. The lowest BCUT2D eigenvalue weighted by molar-refractivity contribution is -0.153. The number of carbonyl (C=O) groups is 3. The molecule has 5 aliphatic rings. The fourth-order valence-electron chi connectivity index (χ4n) is 7.47. The maximum absolute atomic E-state index is 13.5. The molecule has 0 saturated carbocycles. The minimum absolute atomic E-state index is 0.00618. The van der Waals surface area contributed by atoms with Crippen LogP contribution >= 0.6 is 0 Å². The molecule has 9 nitrogen and oxygen atoms in total. The average Bonchev–Trinajstić information content (AvgIpc) is 3.63. The van der Waals surface area contributed by atoms with Crippen LogP contribution in [0.3, 0.4) is 0 Å². The molecule has 2 N–H and O–H groups in total. The van der Waals surface area contributed by atoms with Gasteiger partial charge in [-0.25, -0.2) is 0 Å². The number of H-pyrrole nitrogens is 1. The lowest BCUT2D eigenvalue weighted by Crippen LogP contribution is -2.58. The predicted molar refractivity (Wildman–Crippen MR) is 139 cm³/mol. The smallest absolute Gasteiger partial charge is 0.359 e. The van der Waals surface area contributed by atoms with Gasteiger partial charge >= 0.3 is 6.18 Å². The Morgan fingerprint density at radius 1 is 1.18 bits per heavy atom. The van der Waals surface area contributed by atoms with Crippen LogP contribution < -0.4 is 5.32 Å². The van der Waals surface area contributed by atoms with Gasteiger partial charge in [0.05, 0.1) is 12.0 Å². The highest BCUT2D eigenvalue weighted by Gasteiger charge is 2.51. The van der Waals surface area contributed by atoms with Gasteiger partial charge in [-0.3, -0.25) is 14.4 Å². The quantitative estimate of drug-likeness (QED) is 0.558. The molecule has 5 unspecified atom stereocenters. The second-order valence-electron chi connectivity index (χ2n) is 11.5. The number of halogens is 3. The molecule has 40 heavy (non-hydrogen) atoms. The van der Waals surface area contributed by atoms with Gasteiger partial charge in [0, 0.05) is 43.0 Å². The van der Waals surface area contributed by atoms with Crippen molar-refractivity contribution in [3.05, 3.63) is 35.0 Å². The van der Waals surface area contributed by atoms with Gasteiger partial charge in [0.1, 0.15) is 18.3 Å². The summed E-state index contributed by atoms with van der Waals surface area (Å²) in [6, 6.07) is 5.48. The molecule has 1 aliphatic carbocycles. The molecule has 0 bridgehead atoms. The maximum atomic E-state index is 13.5. The number of fused-ring (bicyclic) bond motifs is 5. The molecule has 2 aromatic rings. The predicted octanol–water partition coefficient (Wildman–Crippen LogP) is 2.46. The van der Waals surface area contributed by atoms with E-state index in [1.165, 1.54) is 0 Å². The molecule has 4 aliphatic heterocycles. The Morgan fingerprint density at radius 2 is 1.95 bits per heavy atom.